The number of carbonyl (C=O) groups is 1. The third kappa shape index (κ3) is 3.54. The molecule has 1 aromatic rings. The zero-order valence-corrected chi connectivity index (χ0v) is 14.7. The number of carbonyl (C=O) groups excluding carboxylic acids is 1. The maximum Gasteiger partial charge on any atom is 0.261 e. The third-order valence-electron chi connectivity index (χ3n) is 5.05. The van der Waals surface area contributed by atoms with Crippen molar-refractivity contribution in [2.24, 2.45) is 11.3 Å². The number of nitrogens with one attached hydrogen (secondary N) is 1. The maximum atomic E-state index is 12.3. The van der Waals surface area contributed by atoms with Crippen LogP contribution < -0.4 is 5.32 Å². The van der Waals surface area contributed by atoms with Crippen LogP contribution in [0.5, 0.6) is 0 Å². The quantitative estimate of drug-likeness (QED) is 0.919. The van der Waals surface area contributed by atoms with Crippen LogP contribution >= 0.6 is 11.3 Å². The minimum absolute atomic E-state index is 0.0715. The van der Waals surface area contributed by atoms with Gasteiger partial charge in [-0.1, -0.05) is 20.8 Å². The number of aryl methyl sites for hydroxylation is 1. The lowest BCUT2D eigenvalue weighted by atomic mass is 9.72. The van der Waals surface area contributed by atoms with Crippen molar-refractivity contribution in [3.8, 4) is 0 Å². The Bertz CT molecular complexity index is 538. The van der Waals surface area contributed by atoms with Crippen LogP contribution in [0.2, 0.25) is 0 Å². The van der Waals surface area contributed by atoms with Crippen molar-refractivity contribution in [1.29, 1.82) is 0 Å². The molecular formula is C18H27NO2S. The summed E-state index contributed by atoms with van der Waals surface area (Å²) in [5, 5.41) is 3.04. The van der Waals surface area contributed by atoms with E-state index in [0.717, 1.165) is 43.1 Å². The standard InChI is InChI=1S/C18H27NO2S/c1-18(2,3)13-6-7-15-12(9-13)10-16(22-15)17(20)19-11-14-5-4-8-21-14/h10,13-14H,4-9,11H2,1-3H3,(H,19,20)/t13-,14+/m0/s1. The van der Waals surface area contributed by atoms with E-state index in [4.69, 9.17) is 4.74 Å². The van der Waals surface area contributed by atoms with Gasteiger partial charge in [-0.15, -0.1) is 11.3 Å². The van der Waals surface area contributed by atoms with E-state index in [2.05, 4.69) is 32.2 Å². The highest BCUT2D eigenvalue weighted by molar-refractivity contribution is 7.14. The zero-order valence-electron chi connectivity index (χ0n) is 13.9. The van der Waals surface area contributed by atoms with Gasteiger partial charge in [-0.05, 0) is 55.1 Å². The summed E-state index contributed by atoms with van der Waals surface area (Å²) < 4.78 is 5.56. The molecule has 2 aliphatic rings. The van der Waals surface area contributed by atoms with Gasteiger partial charge in [0.05, 0.1) is 11.0 Å². The van der Waals surface area contributed by atoms with Gasteiger partial charge >= 0.3 is 0 Å². The average molecular weight is 321 g/mol. The second-order valence-electron chi connectivity index (χ2n) is 7.71. The monoisotopic (exact) mass is 321 g/mol. The molecular weight excluding hydrogens is 294 g/mol. The van der Waals surface area contributed by atoms with Crippen molar-refractivity contribution < 1.29 is 9.53 Å². The molecule has 2 heterocycles. The second-order valence-corrected chi connectivity index (χ2v) is 8.85. The summed E-state index contributed by atoms with van der Waals surface area (Å²) in [6, 6.07) is 2.13. The summed E-state index contributed by atoms with van der Waals surface area (Å²) in [4.78, 5) is 14.6. The first-order chi connectivity index (χ1) is 10.4. The van der Waals surface area contributed by atoms with Crippen molar-refractivity contribution in [3.05, 3.63) is 21.4 Å². The third-order valence-corrected chi connectivity index (χ3v) is 6.28. The van der Waals surface area contributed by atoms with E-state index < -0.39 is 0 Å². The highest BCUT2D eigenvalue weighted by atomic mass is 32.1. The molecule has 122 valence electrons. The molecule has 0 spiro atoms. The molecule has 1 amide bonds. The lowest BCUT2D eigenvalue weighted by molar-refractivity contribution is 0.0861. The molecule has 1 saturated heterocycles. The van der Waals surface area contributed by atoms with Crippen molar-refractivity contribution >= 4 is 17.2 Å². The van der Waals surface area contributed by atoms with E-state index in [1.807, 2.05) is 0 Å². The molecule has 1 aromatic heterocycles. The molecule has 1 aliphatic heterocycles. The number of ether oxygens (including phenoxy) is 1. The van der Waals surface area contributed by atoms with Crippen LogP contribution in [0.25, 0.3) is 0 Å². The summed E-state index contributed by atoms with van der Waals surface area (Å²) in [6.45, 7) is 8.45. The van der Waals surface area contributed by atoms with Gasteiger partial charge in [-0.3, -0.25) is 4.79 Å². The van der Waals surface area contributed by atoms with Crippen molar-refractivity contribution in [3.63, 3.8) is 0 Å². The minimum Gasteiger partial charge on any atom is -0.376 e. The van der Waals surface area contributed by atoms with Crippen LogP contribution in [0.4, 0.5) is 0 Å². The zero-order chi connectivity index (χ0) is 15.7. The molecule has 1 N–H and O–H groups in total. The fourth-order valence-electron chi connectivity index (χ4n) is 3.47. The molecule has 0 radical (unpaired) electrons. The Kier molecular flexibility index (Phi) is 4.60. The second kappa shape index (κ2) is 6.32. The van der Waals surface area contributed by atoms with Crippen LogP contribution in [0.3, 0.4) is 0 Å². The van der Waals surface area contributed by atoms with Gasteiger partial charge in [0, 0.05) is 18.0 Å². The largest absolute Gasteiger partial charge is 0.376 e. The van der Waals surface area contributed by atoms with E-state index in [-0.39, 0.29) is 12.0 Å². The van der Waals surface area contributed by atoms with Crippen LogP contribution in [0.1, 0.15) is 60.1 Å². The number of amides is 1. The number of hydrogen-bond acceptors (Lipinski definition) is 3. The van der Waals surface area contributed by atoms with Crippen LogP contribution in [0, 0.1) is 11.3 Å². The Hall–Kier alpha value is -0.870. The normalized spacial score (nSPS) is 25.0. The van der Waals surface area contributed by atoms with E-state index in [1.54, 1.807) is 11.3 Å². The molecule has 22 heavy (non-hydrogen) atoms. The predicted molar refractivity (Wildman–Crippen MR) is 90.6 cm³/mol. The fourth-order valence-corrected chi connectivity index (χ4v) is 4.60. The van der Waals surface area contributed by atoms with Crippen LogP contribution in [0.15, 0.2) is 6.07 Å². The van der Waals surface area contributed by atoms with E-state index in [9.17, 15) is 4.79 Å². The van der Waals surface area contributed by atoms with Gasteiger partial charge in [0.2, 0.25) is 0 Å². The molecule has 0 saturated carbocycles. The molecule has 4 heteroatoms. The van der Waals surface area contributed by atoms with E-state index in [1.165, 1.54) is 16.9 Å². The van der Waals surface area contributed by atoms with Crippen molar-refractivity contribution in [1.82, 2.24) is 5.32 Å². The first-order valence-electron chi connectivity index (χ1n) is 8.45. The van der Waals surface area contributed by atoms with Gasteiger partial charge in [-0.25, -0.2) is 0 Å². The van der Waals surface area contributed by atoms with E-state index >= 15 is 0 Å². The van der Waals surface area contributed by atoms with Gasteiger partial charge in [0.1, 0.15) is 0 Å². The highest BCUT2D eigenvalue weighted by Crippen LogP contribution is 2.40. The van der Waals surface area contributed by atoms with Gasteiger partial charge in [-0.2, -0.15) is 0 Å². The maximum absolute atomic E-state index is 12.3. The lowest BCUT2D eigenvalue weighted by Gasteiger charge is -2.33. The Morgan fingerprint density at radius 2 is 2.23 bits per heavy atom. The average Bonchev–Trinajstić information content (AvgIpc) is 3.11. The summed E-state index contributed by atoms with van der Waals surface area (Å²) >= 11 is 1.69. The molecule has 1 fully saturated rings. The highest BCUT2D eigenvalue weighted by Gasteiger charge is 2.30. The Balaban J connectivity index is 1.62. The van der Waals surface area contributed by atoms with Gasteiger partial charge in [0.25, 0.3) is 5.91 Å². The van der Waals surface area contributed by atoms with Crippen LogP contribution in [-0.4, -0.2) is 25.2 Å². The Morgan fingerprint density at radius 1 is 1.41 bits per heavy atom. The van der Waals surface area contributed by atoms with Crippen molar-refractivity contribution in [2.45, 2.75) is 59.0 Å². The molecule has 0 bridgehead atoms. The fraction of sp³-hybridized carbons (Fsp3) is 0.722. The molecule has 0 aromatic carbocycles. The summed E-state index contributed by atoms with van der Waals surface area (Å²) in [7, 11) is 0. The Morgan fingerprint density at radius 3 is 2.91 bits per heavy atom. The predicted octanol–water partition coefficient (Wildman–Crippen LogP) is 3.81. The minimum atomic E-state index is 0.0715. The summed E-state index contributed by atoms with van der Waals surface area (Å²) in [6.07, 6.45) is 5.88. The molecule has 0 unspecified atom stereocenters. The van der Waals surface area contributed by atoms with E-state index in [0.29, 0.717) is 12.0 Å². The van der Waals surface area contributed by atoms with Crippen LogP contribution in [-0.2, 0) is 17.6 Å². The molecule has 2 atom stereocenters. The summed E-state index contributed by atoms with van der Waals surface area (Å²) in [5.41, 5.74) is 1.75. The Labute approximate surface area is 137 Å². The first kappa shape index (κ1) is 16.0. The van der Waals surface area contributed by atoms with Gasteiger partial charge in [0.15, 0.2) is 0 Å². The lowest BCUT2D eigenvalue weighted by Crippen LogP contribution is -2.31. The SMILES string of the molecule is CC(C)(C)[C@H]1CCc2sc(C(=O)NC[C@H]3CCCO3)cc2C1. The number of rotatable bonds is 3. The molecule has 3 rings (SSSR count). The number of fused-ring (bicyclic) bond motifs is 1. The first-order valence-corrected chi connectivity index (χ1v) is 9.26. The number of thiophene rings is 1. The van der Waals surface area contributed by atoms with Gasteiger partial charge < -0.3 is 10.1 Å². The molecule has 1 aliphatic carbocycles. The van der Waals surface area contributed by atoms with Crippen molar-refractivity contribution in [2.75, 3.05) is 13.2 Å². The topological polar surface area (TPSA) is 38.3 Å². The smallest absolute Gasteiger partial charge is 0.261 e. The summed E-state index contributed by atoms with van der Waals surface area (Å²) in [5.74, 6) is 0.791. The number of hydrogen-bond donors (Lipinski definition) is 1. The molecule has 3 nitrogen and oxygen atoms in total.